The molecule has 0 heterocycles. The molecule has 4 aliphatic carbocycles. The number of likely N-dealkylation sites (N-methyl/N-ethyl adjacent to an activating group) is 1. The quantitative estimate of drug-likeness (QED) is 0.252. The summed E-state index contributed by atoms with van der Waals surface area (Å²) in [5, 5.41) is 45.8. The summed E-state index contributed by atoms with van der Waals surface area (Å²) >= 11 is 0. The molecule has 0 aromatic heterocycles. The van der Waals surface area contributed by atoms with Crippen molar-refractivity contribution in [3.8, 4) is 11.5 Å². The number of benzene rings is 1. The van der Waals surface area contributed by atoms with Crippen molar-refractivity contribution >= 4 is 17.5 Å². The van der Waals surface area contributed by atoms with Crippen LogP contribution in [-0.4, -0.2) is 92.6 Å². The van der Waals surface area contributed by atoms with E-state index in [4.69, 9.17) is 10.5 Å². The van der Waals surface area contributed by atoms with E-state index in [2.05, 4.69) is 39.5 Å². The van der Waals surface area contributed by atoms with E-state index in [1.165, 1.54) is 24.9 Å². The third-order valence-corrected chi connectivity index (χ3v) is 10.3. The van der Waals surface area contributed by atoms with E-state index >= 15 is 0 Å². The van der Waals surface area contributed by atoms with Gasteiger partial charge in [0.2, 0.25) is 5.78 Å². The average Bonchev–Trinajstić information content (AvgIpc) is 3.73. The molecule has 1 aromatic carbocycles. The standard InChI is InChI=1S/C35H49N3O8/c1-33(2,3)16-34(4,5)38(14-17-9-10-17)15-19-13-22(39)24-20(29(19)46-8)11-18-12-21-26(37(6)7)28(41)25(32(36)44)31(43)35(21,45)30(42)23(18)27(24)40/h13,17-18,21,26,39,41-42,45H,9-12,14-16H2,1-8H3,(H2,36,44)/t18-,21-,26-,35-/m0/s1. The third kappa shape index (κ3) is 5.50. The third-order valence-electron chi connectivity index (χ3n) is 10.3. The zero-order chi connectivity index (χ0) is 34.3. The van der Waals surface area contributed by atoms with Crippen LogP contribution in [0.3, 0.4) is 0 Å². The first kappa shape index (κ1) is 33.9. The van der Waals surface area contributed by atoms with Crippen LogP contribution in [0.1, 0.15) is 81.8 Å². The summed E-state index contributed by atoms with van der Waals surface area (Å²) in [5.74, 6) is -5.66. The number of primary amides is 1. The molecule has 0 radical (unpaired) electrons. The fraction of sp³-hybridized carbons (Fsp3) is 0.629. The van der Waals surface area contributed by atoms with Gasteiger partial charge in [-0.2, -0.15) is 0 Å². The normalized spacial score (nSPS) is 26.8. The molecular formula is C35H49N3O8. The zero-order valence-electron chi connectivity index (χ0n) is 28.2. The number of phenolic OH excluding ortho intramolecular Hbond substituents is 1. The highest BCUT2D eigenvalue weighted by Gasteiger charge is 2.63. The summed E-state index contributed by atoms with van der Waals surface area (Å²) in [6.45, 7) is 12.5. The van der Waals surface area contributed by atoms with Crippen LogP contribution in [-0.2, 0) is 22.6 Å². The molecule has 252 valence electrons. The Morgan fingerprint density at radius 2 is 1.74 bits per heavy atom. The number of phenols is 1. The number of ether oxygens (including phenoxy) is 1. The van der Waals surface area contributed by atoms with Gasteiger partial charge in [-0.05, 0) is 83.4 Å². The number of ketones is 2. The van der Waals surface area contributed by atoms with Crippen LogP contribution in [0.2, 0.25) is 0 Å². The molecule has 6 N–H and O–H groups in total. The highest BCUT2D eigenvalue weighted by Crippen LogP contribution is 2.53. The van der Waals surface area contributed by atoms with Crippen LogP contribution in [0.4, 0.5) is 0 Å². The van der Waals surface area contributed by atoms with Gasteiger partial charge in [0.25, 0.3) is 5.91 Å². The topological polar surface area (TPSA) is 174 Å². The van der Waals surface area contributed by atoms with E-state index in [0.29, 0.717) is 23.8 Å². The molecule has 1 fully saturated rings. The van der Waals surface area contributed by atoms with Gasteiger partial charge >= 0.3 is 0 Å². The summed E-state index contributed by atoms with van der Waals surface area (Å²) in [7, 11) is 4.75. The Balaban J connectivity index is 1.61. The molecule has 1 saturated carbocycles. The predicted octanol–water partition coefficient (Wildman–Crippen LogP) is 3.56. The van der Waals surface area contributed by atoms with Gasteiger partial charge in [-0.3, -0.25) is 24.2 Å². The molecule has 11 nitrogen and oxygen atoms in total. The number of fused-ring (bicyclic) bond motifs is 3. The number of carbonyl (C=O) groups excluding carboxylic acids is 3. The van der Waals surface area contributed by atoms with Crippen LogP contribution < -0.4 is 10.5 Å². The van der Waals surface area contributed by atoms with Crippen LogP contribution in [0.5, 0.6) is 11.5 Å². The Morgan fingerprint density at radius 3 is 2.26 bits per heavy atom. The van der Waals surface area contributed by atoms with Crippen LogP contribution in [0, 0.1) is 23.2 Å². The highest BCUT2D eigenvalue weighted by atomic mass is 16.5. The summed E-state index contributed by atoms with van der Waals surface area (Å²) < 4.78 is 5.97. The number of amides is 1. The Kier molecular flexibility index (Phi) is 8.40. The number of nitrogens with zero attached hydrogens (tertiary/aromatic N) is 2. The number of methoxy groups -OCH3 is 1. The van der Waals surface area contributed by atoms with Crippen LogP contribution >= 0.6 is 0 Å². The first-order valence-corrected chi connectivity index (χ1v) is 16.1. The molecule has 0 aliphatic heterocycles. The van der Waals surface area contributed by atoms with Gasteiger partial charge in [0.15, 0.2) is 11.4 Å². The summed E-state index contributed by atoms with van der Waals surface area (Å²) in [6, 6.07) is 0.494. The SMILES string of the molecule is COc1c(CN(CC2CC2)C(C)(C)CC(C)(C)C)cc(O)c2c1C[C@H]1C[C@H]3[C@H](N(C)C)C(O)=C(C(N)=O)C(=O)[C@@]3(O)C(O)=C1C2=O. The number of hydrogen-bond donors (Lipinski definition) is 5. The molecule has 4 atom stereocenters. The van der Waals surface area contributed by atoms with Crippen molar-refractivity contribution in [1.82, 2.24) is 9.80 Å². The molecule has 0 unspecified atom stereocenters. The van der Waals surface area contributed by atoms with Crippen molar-refractivity contribution in [3.05, 3.63) is 45.4 Å². The molecule has 0 spiro atoms. The van der Waals surface area contributed by atoms with Gasteiger partial charge in [-0.15, -0.1) is 0 Å². The van der Waals surface area contributed by atoms with Crippen molar-refractivity contribution in [2.24, 2.45) is 28.9 Å². The molecule has 0 bridgehead atoms. The molecule has 1 amide bonds. The molecule has 11 heteroatoms. The average molecular weight is 640 g/mol. The number of Topliss-reactive ketones (excluding diaryl/α,β-unsaturated/α-hetero) is 2. The Labute approximate surface area is 270 Å². The second-order valence-electron chi connectivity index (χ2n) is 15.8. The zero-order valence-corrected chi connectivity index (χ0v) is 28.2. The molecule has 1 aromatic rings. The van der Waals surface area contributed by atoms with E-state index in [9.17, 15) is 34.8 Å². The number of aliphatic hydroxyl groups excluding tert-OH is 2. The van der Waals surface area contributed by atoms with E-state index in [1.807, 2.05) is 0 Å². The number of carbonyl (C=O) groups is 3. The lowest BCUT2D eigenvalue weighted by atomic mass is 9.58. The highest BCUT2D eigenvalue weighted by molar-refractivity contribution is 6.24. The first-order valence-electron chi connectivity index (χ1n) is 16.1. The smallest absolute Gasteiger partial charge is 0.255 e. The lowest BCUT2D eigenvalue weighted by Crippen LogP contribution is -2.63. The number of allylic oxidation sites excluding steroid dienone is 1. The molecule has 4 aliphatic rings. The lowest BCUT2D eigenvalue weighted by Gasteiger charge is -2.50. The van der Waals surface area contributed by atoms with Gasteiger partial charge in [0.1, 0.15) is 28.6 Å². The van der Waals surface area contributed by atoms with Gasteiger partial charge in [0, 0.05) is 41.2 Å². The van der Waals surface area contributed by atoms with Gasteiger partial charge in [-0.25, -0.2) is 0 Å². The van der Waals surface area contributed by atoms with Crippen molar-refractivity contribution in [1.29, 1.82) is 0 Å². The van der Waals surface area contributed by atoms with Crippen molar-refractivity contribution < 1.29 is 39.5 Å². The molecule has 46 heavy (non-hydrogen) atoms. The Hall–Kier alpha value is -3.41. The van der Waals surface area contributed by atoms with E-state index in [-0.39, 0.29) is 40.7 Å². The maximum Gasteiger partial charge on any atom is 0.255 e. The summed E-state index contributed by atoms with van der Waals surface area (Å²) in [4.78, 5) is 43.9. The van der Waals surface area contributed by atoms with Crippen LogP contribution in [0.15, 0.2) is 28.7 Å². The number of aromatic hydroxyl groups is 1. The maximum atomic E-state index is 14.1. The minimum Gasteiger partial charge on any atom is -0.510 e. The largest absolute Gasteiger partial charge is 0.510 e. The second kappa shape index (κ2) is 11.4. The van der Waals surface area contributed by atoms with Crippen molar-refractivity contribution in [2.75, 3.05) is 27.7 Å². The minimum absolute atomic E-state index is 0.0202. The number of rotatable bonds is 9. The second-order valence-corrected chi connectivity index (χ2v) is 15.8. The first-order chi connectivity index (χ1) is 21.2. The fourth-order valence-electron chi connectivity index (χ4n) is 8.49. The summed E-state index contributed by atoms with van der Waals surface area (Å²) in [6.07, 6.45) is 3.49. The van der Waals surface area contributed by atoms with E-state index in [0.717, 1.165) is 18.5 Å². The number of aliphatic hydroxyl groups is 3. The molecular weight excluding hydrogens is 590 g/mol. The number of nitrogens with two attached hydrogens (primary N) is 1. The van der Waals surface area contributed by atoms with Crippen molar-refractivity contribution in [2.45, 2.75) is 90.4 Å². The number of hydrogen-bond acceptors (Lipinski definition) is 10. The van der Waals surface area contributed by atoms with Crippen LogP contribution in [0.25, 0.3) is 0 Å². The maximum absolute atomic E-state index is 14.1. The molecule has 0 saturated heterocycles. The fourth-order valence-corrected chi connectivity index (χ4v) is 8.49. The van der Waals surface area contributed by atoms with E-state index in [1.54, 1.807) is 20.2 Å². The Morgan fingerprint density at radius 1 is 1.11 bits per heavy atom. The Bertz CT molecular complexity index is 1550. The van der Waals surface area contributed by atoms with Gasteiger partial charge in [-0.1, -0.05) is 20.8 Å². The molecule has 5 rings (SSSR count). The van der Waals surface area contributed by atoms with E-state index < -0.39 is 58.0 Å². The van der Waals surface area contributed by atoms with Gasteiger partial charge in [0.05, 0.1) is 18.7 Å². The minimum atomic E-state index is -2.67. The predicted molar refractivity (Wildman–Crippen MR) is 172 cm³/mol. The lowest BCUT2D eigenvalue weighted by molar-refractivity contribution is -0.148. The summed E-state index contributed by atoms with van der Waals surface area (Å²) in [5.41, 5.74) is 2.83. The monoisotopic (exact) mass is 639 g/mol. The van der Waals surface area contributed by atoms with Crippen molar-refractivity contribution in [3.63, 3.8) is 0 Å². The van der Waals surface area contributed by atoms with Gasteiger partial charge < -0.3 is 30.9 Å².